The van der Waals surface area contributed by atoms with Crippen LogP contribution in [-0.4, -0.2) is 65.7 Å². The molecule has 0 aromatic carbocycles. The van der Waals surface area contributed by atoms with Crippen molar-refractivity contribution < 1.29 is 47.8 Å². The van der Waals surface area contributed by atoms with Gasteiger partial charge in [-0.3, -0.25) is 18.6 Å². The second kappa shape index (κ2) is 31.3. The van der Waals surface area contributed by atoms with Crippen LogP contribution in [0.1, 0.15) is 110 Å². The largest absolute Gasteiger partial charge is 0.472 e. The molecule has 0 bridgehead atoms. The Hall–Kier alpha value is -2.33. The van der Waals surface area contributed by atoms with Gasteiger partial charge in [0.15, 0.2) is 6.10 Å². The fourth-order valence-electron chi connectivity index (χ4n) is 3.86. The van der Waals surface area contributed by atoms with E-state index in [0.29, 0.717) is 12.8 Å². The van der Waals surface area contributed by atoms with E-state index in [4.69, 9.17) is 19.1 Å². The van der Waals surface area contributed by atoms with Gasteiger partial charge in [-0.2, -0.15) is 0 Å². The molecular weight excluding hydrogens is 611 g/mol. The molecule has 0 aromatic rings. The summed E-state index contributed by atoms with van der Waals surface area (Å²) in [7, 11) is -4.62. The van der Waals surface area contributed by atoms with Crippen LogP contribution < -0.4 is 0 Å². The number of esters is 2. The number of phosphoric acid groups is 1. The molecule has 0 heterocycles. The quantitative estimate of drug-likeness (QED) is 0.0229. The number of allylic oxidation sites excluding steroid dienone is 10. The lowest BCUT2D eigenvalue weighted by Crippen LogP contribution is -2.29. The predicted molar refractivity (Wildman–Crippen MR) is 182 cm³/mol. The van der Waals surface area contributed by atoms with E-state index in [0.717, 1.165) is 57.8 Å². The van der Waals surface area contributed by atoms with E-state index in [1.165, 1.54) is 12.8 Å². The van der Waals surface area contributed by atoms with E-state index in [9.17, 15) is 24.2 Å². The maximum atomic E-state index is 12.5. The smallest absolute Gasteiger partial charge is 0.462 e. The van der Waals surface area contributed by atoms with Gasteiger partial charge >= 0.3 is 19.8 Å². The fraction of sp³-hybridized carbons (Fsp3) is 0.657. The van der Waals surface area contributed by atoms with Crippen molar-refractivity contribution in [2.45, 2.75) is 122 Å². The van der Waals surface area contributed by atoms with Gasteiger partial charge in [0.1, 0.15) is 12.7 Å². The number of phosphoric ester groups is 1. The molecule has 0 aromatic heterocycles. The van der Waals surface area contributed by atoms with Crippen molar-refractivity contribution >= 4 is 19.8 Å². The summed E-state index contributed by atoms with van der Waals surface area (Å²) in [5.41, 5.74) is 0. The number of carbonyl (C=O) groups is 2. The first-order chi connectivity index (χ1) is 22.2. The van der Waals surface area contributed by atoms with Crippen molar-refractivity contribution in [3.63, 3.8) is 0 Å². The van der Waals surface area contributed by atoms with Crippen molar-refractivity contribution in [1.82, 2.24) is 0 Å². The Kier molecular flexibility index (Phi) is 29.7. The van der Waals surface area contributed by atoms with E-state index in [1.807, 2.05) is 36.5 Å². The molecule has 0 fully saturated rings. The van der Waals surface area contributed by atoms with Crippen molar-refractivity contribution in [3.8, 4) is 0 Å². The zero-order valence-electron chi connectivity index (χ0n) is 28.0. The molecule has 3 N–H and O–H groups in total. The van der Waals surface area contributed by atoms with E-state index < -0.39 is 51.8 Å². The Bertz CT molecular complexity index is 957. The Balaban J connectivity index is 4.56. The van der Waals surface area contributed by atoms with Crippen LogP contribution in [0.4, 0.5) is 0 Å². The first kappa shape index (κ1) is 43.7. The van der Waals surface area contributed by atoms with Crippen molar-refractivity contribution in [3.05, 3.63) is 60.8 Å². The Morgan fingerprint density at radius 2 is 1.22 bits per heavy atom. The normalized spacial score (nSPS) is 15.0. The topological polar surface area (TPSA) is 149 Å². The third kappa shape index (κ3) is 30.3. The molecule has 0 radical (unpaired) electrons. The van der Waals surface area contributed by atoms with Crippen LogP contribution in [0.5, 0.6) is 0 Å². The van der Waals surface area contributed by atoms with E-state index in [-0.39, 0.29) is 19.4 Å². The average molecular weight is 671 g/mol. The summed E-state index contributed by atoms with van der Waals surface area (Å²) in [6.45, 7) is 2.08. The maximum Gasteiger partial charge on any atom is 0.472 e. The highest BCUT2D eigenvalue weighted by Crippen LogP contribution is 2.43. The van der Waals surface area contributed by atoms with Gasteiger partial charge in [0.05, 0.1) is 19.8 Å². The Morgan fingerprint density at radius 1 is 0.674 bits per heavy atom. The van der Waals surface area contributed by atoms with Crippen molar-refractivity contribution in [1.29, 1.82) is 0 Å². The molecule has 0 spiro atoms. The molecule has 46 heavy (non-hydrogen) atoms. The lowest BCUT2D eigenvalue weighted by Gasteiger charge is -2.20. The van der Waals surface area contributed by atoms with Gasteiger partial charge in [-0.1, -0.05) is 107 Å². The number of unbranched alkanes of at least 4 members (excludes halogenated alkanes) is 9. The lowest BCUT2D eigenvalue weighted by atomic mass is 10.1. The number of hydrogen-bond donors (Lipinski definition) is 3. The fourth-order valence-corrected chi connectivity index (χ4v) is 4.65. The van der Waals surface area contributed by atoms with Crippen molar-refractivity contribution in [2.75, 3.05) is 26.4 Å². The van der Waals surface area contributed by atoms with Crippen LogP contribution in [0.15, 0.2) is 60.8 Å². The summed E-state index contributed by atoms with van der Waals surface area (Å²) in [5.74, 6) is -0.998. The number of rotatable bonds is 30. The van der Waals surface area contributed by atoms with Crippen molar-refractivity contribution in [2.24, 2.45) is 0 Å². The number of hydrogen-bond acceptors (Lipinski definition) is 9. The first-order valence-electron chi connectivity index (χ1n) is 16.8. The zero-order valence-corrected chi connectivity index (χ0v) is 28.9. The molecule has 10 nitrogen and oxygen atoms in total. The highest BCUT2D eigenvalue weighted by Gasteiger charge is 2.27. The first-order valence-corrected chi connectivity index (χ1v) is 18.3. The Labute approximate surface area is 276 Å². The number of carbonyl (C=O) groups excluding carboxylic acids is 2. The molecule has 0 aliphatic rings. The van der Waals surface area contributed by atoms with Gasteiger partial charge in [0.2, 0.25) is 0 Å². The minimum absolute atomic E-state index is 0.133. The summed E-state index contributed by atoms with van der Waals surface area (Å²) in [6, 6.07) is 0. The Morgan fingerprint density at radius 3 is 1.87 bits per heavy atom. The molecule has 264 valence electrons. The second-order valence-corrected chi connectivity index (χ2v) is 12.3. The van der Waals surface area contributed by atoms with Crippen LogP contribution >= 0.6 is 7.82 Å². The van der Waals surface area contributed by atoms with E-state index in [1.54, 1.807) is 0 Å². The third-order valence-corrected chi connectivity index (χ3v) is 7.45. The SMILES string of the molecule is CC/C=C/C=C/C=C/C=C/CCCCCC(=O)OC(COC(=O)CCCCCC/C=C/CCCC)COP(=O)(O)OC[C@@H](O)CO. The third-order valence-electron chi connectivity index (χ3n) is 6.50. The minimum Gasteiger partial charge on any atom is -0.462 e. The summed E-state index contributed by atoms with van der Waals surface area (Å²) >= 11 is 0. The molecule has 0 saturated heterocycles. The highest BCUT2D eigenvalue weighted by molar-refractivity contribution is 7.47. The van der Waals surface area contributed by atoms with Gasteiger partial charge < -0.3 is 24.6 Å². The number of aliphatic hydroxyl groups excluding tert-OH is 2. The molecule has 3 atom stereocenters. The van der Waals surface area contributed by atoms with Crippen LogP contribution in [0, 0.1) is 0 Å². The van der Waals surface area contributed by atoms with Gasteiger partial charge in [-0.15, -0.1) is 0 Å². The van der Waals surface area contributed by atoms with Gasteiger partial charge in [0, 0.05) is 12.8 Å². The number of ether oxygens (including phenoxy) is 2. The molecule has 2 unspecified atom stereocenters. The molecule has 0 aliphatic heterocycles. The van der Waals surface area contributed by atoms with Gasteiger partial charge in [-0.05, 0) is 51.4 Å². The molecule has 0 rings (SSSR count). The maximum absolute atomic E-state index is 12.5. The van der Waals surface area contributed by atoms with Gasteiger partial charge in [-0.25, -0.2) is 4.57 Å². The van der Waals surface area contributed by atoms with Crippen LogP contribution in [0.3, 0.4) is 0 Å². The standard InChI is InChI=1S/C35H59O10P/c1-3-5-7-9-11-13-15-16-17-19-21-23-25-27-35(39)45-33(31-44-46(40,41)43-29-32(37)28-36)30-42-34(38)26-24-22-20-18-14-12-10-8-6-4-2/h5,7,9-13,15-17,32-33,36-37H,3-4,6,8,14,18-31H2,1-2H3,(H,40,41)/b7-5+,11-9+,12-10+,15-13+,17-16+/t32-,33?/m0/s1. The molecule has 0 amide bonds. The summed E-state index contributed by atoms with van der Waals surface area (Å²) < 4.78 is 32.4. The summed E-state index contributed by atoms with van der Waals surface area (Å²) in [4.78, 5) is 34.6. The van der Waals surface area contributed by atoms with Crippen LogP contribution in [0.2, 0.25) is 0 Å². The monoisotopic (exact) mass is 670 g/mol. The minimum atomic E-state index is -4.62. The molecule has 0 saturated carbocycles. The van der Waals surface area contributed by atoms with E-state index >= 15 is 0 Å². The average Bonchev–Trinajstić information content (AvgIpc) is 3.04. The second-order valence-electron chi connectivity index (χ2n) is 10.9. The lowest BCUT2D eigenvalue weighted by molar-refractivity contribution is -0.161. The highest BCUT2D eigenvalue weighted by atomic mass is 31.2. The number of aliphatic hydroxyl groups is 2. The van der Waals surface area contributed by atoms with Gasteiger partial charge in [0.25, 0.3) is 0 Å². The summed E-state index contributed by atoms with van der Waals surface area (Å²) in [6.07, 6.45) is 30.7. The van der Waals surface area contributed by atoms with Crippen LogP contribution in [0.25, 0.3) is 0 Å². The summed E-state index contributed by atoms with van der Waals surface area (Å²) in [5, 5.41) is 18.2. The van der Waals surface area contributed by atoms with Crippen LogP contribution in [-0.2, 0) is 32.7 Å². The molecule has 11 heteroatoms. The molecule has 0 aliphatic carbocycles. The predicted octanol–water partition coefficient (Wildman–Crippen LogP) is 7.60. The zero-order chi connectivity index (χ0) is 34.1. The van der Waals surface area contributed by atoms with E-state index in [2.05, 4.69) is 42.7 Å². The molecular formula is C35H59O10P.